The highest BCUT2D eigenvalue weighted by atomic mass is 31.2. The average molecular weight is 794 g/mol. The monoisotopic (exact) mass is 794 g/mol. The lowest BCUT2D eigenvalue weighted by atomic mass is 9.82. The van der Waals surface area contributed by atoms with E-state index in [4.69, 9.17) is 9.79 Å². The Balaban J connectivity index is 7.40. The van der Waals surface area contributed by atoms with Crippen LogP contribution in [0.2, 0.25) is 0 Å². The number of phosphoric ester groups is 1. The van der Waals surface area contributed by atoms with Gasteiger partial charge in [-0.25, -0.2) is 8.96 Å². The Kier molecular flexibility index (Phi) is 10.9. The molecule has 284 valence electrons. The van der Waals surface area contributed by atoms with E-state index in [2.05, 4.69) is 4.52 Å². The summed E-state index contributed by atoms with van der Waals surface area (Å²) in [6.45, 7) is -2.68. The summed E-state index contributed by atoms with van der Waals surface area (Å²) in [6, 6.07) is 0. The average Bonchev–Trinajstić information content (AvgIpc) is 2.79. The Morgan fingerprint density at radius 2 is 0.596 bits per heavy atom. The number of phosphoric acid groups is 1. The summed E-state index contributed by atoms with van der Waals surface area (Å²) in [7, 11) is -6.07. The van der Waals surface area contributed by atoms with Gasteiger partial charge >= 0.3 is 85.1 Å². The SMILES string of the molecule is O=P(O)(O)OCCC(F)(F)C(F)(F)C(F)(F)C(F)(F)C(F)(F)C(F)(F)C(F)(F)C(F)(F)C(F)(F)C(F)(F)C(F)(C(F)(F)F)C(F)(F)F. The molecule has 0 saturated heterocycles. The maximum atomic E-state index is 13.8. The van der Waals surface area contributed by atoms with Crippen molar-refractivity contribution in [1.29, 1.82) is 0 Å². The summed E-state index contributed by atoms with van der Waals surface area (Å²) in [5.74, 6) is -93.0. The molecule has 0 spiro atoms. The molecule has 0 unspecified atom stereocenters. The zero-order valence-electron chi connectivity index (χ0n) is 20.3. The summed E-state index contributed by atoms with van der Waals surface area (Å²) in [5, 5.41) is 0. The van der Waals surface area contributed by atoms with Gasteiger partial charge in [-0.15, -0.1) is 0 Å². The Morgan fingerprint density at radius 3 is 0.809 bits per heavy atom. The van der Waals surface area contributed by atoms with Gasteiger partial charge in [0, 0.05) is 6.42 Å². The third-order valence-corrected chi connectivity index (χ3v) is 6.02. The molecular formula is C15H6F27O4P. The molecule has 0 atom stereocenters. The standard InChI is InChI=1S/C15H6F27O4P/c16-3(17,1-2-46-47(43,44)45)5(19,20)7(23,24)9(27,28)11(31,32)13(35,36)12(33,34)10(29,30)8(25,26)6(21,22)4(18,14(37,38)39)15(40,41)42/h1-2H2,(H2,43,44,45). The highest BCUT2D eigenvalue weighted by molar-refractivity contribution is 7.46. The van der Waals surface area contributed by atoms with Crippen LogP contribution < -0.4 is 0 Å². The molecule has 0 heterocycles. The summed E-state index contributed by atoms with van der Waals surface area (Å²) in [6.07, 6.45) is -20.9. The first kappa shape index (κ1) is 45.2. The van der Waals surface area contributed by atoms with Crippen molar-refractivity contribution >= 4 is 7.82 Å². The van der Waals surface area contributed by atoms with E-state index in [1.165, 1.54) is 0 Å². The van der Waals surface area contributed by atoms with Crippen LogP contribution in [-0.4, -0.2) is 93.6 Å². The number of hydrogen-bond donors (Lipinski definition) is 2. The van der Waals surface area contributed by atoms with Crippen molar-refractivity contribution in [3.8, 4) is 0 Å². The predicted molar refractivity (Wildman–Crippen MR) is 88.0 cm³/mol. The summed E-state index contributed by atoms with van der Waals surface area (Å²) >= 11 is 0. The van der Waals surface area contributed by atoms with E-state index in [0.29, 0.717) is 0 Å². The van der Waals surface area contributed by atoms with Crippen molar-refractivity contribution in [1.82, 2.24) is 0 Å². The zero-order valence-corrected chi connectivity index (χ0v) is 21.2. The van der Waals surface area contributed by atoms with Crippen LogP contribution in [0.1, 0.15) is 6.42 Å². The summed E-state index contributed by atoms with van der Waals surface area (Å²) in [5.41, 5.74) is -9.26. The Hall–Kier alpha value is -1.78. The minimum atomic E-state index is -9.90. The molecule has 2 N–H and O–H groups in total. The van der Waals surface area contributed by atoms with Crippen molar-refractivity contribution in [2.24, 2.45) is 0 Å². The Bertz CT molecular complexity index is 1160. The van der Waals surface area contributed by atoms with Gasteiger partial charge in [0.15, 0.2) is 0 Å². The molecule has 0 aromatic carbocycles. The second-order valence-corrected chi connectivity index (χ2v) is 9.84. The molecule has 0 radical (unpaired) electrons. The Morgan fingerprint density at radius 1 is 0.383 bits per heavy atom. The number of rotatable bonds is 14. The molecule has 0 aliphatic rings. The molecule has 0 amide bonds. The predicted octanol–water partition coefficient (Wildman–Crippen LogP) is 8.67. The largest absolute Gasteiger partial charge is 0.469 e. The van der Waals surface area contributed by atoms with Gasteiger partial charge in [-0.1, -0.05) is 0 Å². The van der Waals surface area contributed by atoms with Gasteiger partial charge in [-0.2, -0.15) is 114 Å². The summed E-state index contributed by atoms with van der Waals surface area (Å²) < 4.78 is 374. The molecule has 0 bridgehead atoms. The van der Waals surface area contributed by atoms with E-state index >= 15 is 0 Å². The van der Waals surface area contributed by atoms with E-state index < -0.39 is 98.1 Å². The molecule has 0 fully saturated rings. The number of halogens is 27. The minimum absolute atomic E-state index is 2.68. The van der Waals surface area contributed by atoms with Crippen LogP contribution in [0, 0.1) is 0 Å². The molecule has 4 nitrogen and oxygen atoms in total. The topological polar surface area (TPSA) is 66.8 Å². The maximum Gasteiger partial charge on any atom is 0.469 e. The smallest absolute Gasteiger partial charge is 0.303 e. The summed E-state index contributed by atoms with van der Waals surface area (Å²) in [4.78, 5) is 16.2. The maximum absolute atomic E-state index is 13.8. The molecule has 0 saturated carbocycles. The van der Waals surface area contributed by atoms with E-state index in [1.54, 1.807) is 0 Å². The van der Waals surface area contributed by atoms with Crippen LogP contribution in [-0.2, 0) is 9.09 Å². The fourth-order valence-electron chi connectivity index (χ4n) is 2.79. The van der Waals surface area contributed by atoms with Crippen LogP contribution >= 0.6 is 7.82 Å². The van der Waals surface area contributed by atoms with Crippen LogP contribution in [0.25, 0.3) is 0 Å². The highest BCUT2D eigenvalue weighted by Gasteiger charge is 3.01. The van der Waals surface area contributed by atoms with Gasteiger partial charge in [-0.3, -0.25) is 4.52 Å². The normalized spacial score (nSPS) is 17.0. The fraction of sp³-hybridized carbons (Fsp3) is 1.00. The van der Waals surface area contributed by atoms with Crippen molar-refractivity contribution < 1.29 is 137 Å². The minimum Gasteiger partial charge on any atom is -0.303 e. The lowest BCUT2D eigenvalue weighted by Crippen LogP contribution is -2.79. The van der Waals surface area contributed by atoms with Crippen molar-refractivity contribution in [2.45, 2.75) is 83.7 Å². The number of hydrogen-bond acceptors (Lipinski definition) is 2. The quantitative estimate of drug-likeness (QED) is 0.137. The second-order valence-electron chi connectivity index (χ2n) is 8.60. The molecule has 0 aliphatic carbocycles. The van der Waals surface area contributed by atoms with E-state index in [9.17, 15) is 123 Å². The molecular weight excluding hydrogens is 788 g/mol. The van der Waals surface area contributed by atoms with Gasteiger partial charge in [0.05, 0.1) is 6.61 Å². The molecule has 47 heavy (non-hydrogen) atoms. The van der Waals surface area contributed by atoms with E-state index in [-0.39, 0.29) is 0 Å². The van der Waals surface area contributed by atoms with E-state index in [1.807, 2.05) is 0 Å². The fourth-order valence-corrected chi connectivity index (χ4v) is 3.12. The van der Waals surface area contributed by atoms with Gasteiger partial charge < -0.3 is 9.79 Å². The highest BCUT2D eigenvalue weighted by Crippen LogP contribution is 2.69. The zero-order chi connectivity index (χ0) is 39.1. The first-order valence-electron chi connectivity index (χ1n) is 10.0. The van der Waals surface area contributed by atoms with Crippen LogP contribution in [0.3, 0.4) is 0 Å². The van der Waals surface area contributed by atoms with Crippen LogP contribution in [0.15, 0.2) is 0 Å². The number of alkyl halides is 27. The van der Waals surface area contributed by atoms with Crippen molar-refractivity contribution in [3.05, 3.63) is 0 Å². The lowest BCUT2D eigenvalue weighted by Gasteiger charge is -2.46. The van der Waals surface area contributed by atoms with Gasteiger partial charge in [0.2, 0.25) is 0 Å². The van der Waals surface area contributed by atoms with Gasteiger partial charge in [0.1, 0.15) is 0 Å². The van der Waals surface area contributed by atoms with Gasteiger partial charge in [-0.05, 0) is 0 Å². The third-order valence-electron chi connectivity index (χ3n) is 5.50. The van der Waals surface area contributed by atoms with Crippen molar-refractivity contribution in [2.75, 3.05) is 6.61 Å². The van der Waals surface area contributed by atoms with Crippen LogP contribution in [0.5, 0.6) is 0 Å². The molecule has 0 rings (SSSR count). The van der Waals surface area contributed by atoms with Crippen molar-refractivity contribution in [3.63, 3.8) is 0 Å². The third kappa shape index (κ3) is 6.04. The second kappa shape index (κ2) is 11.4. The van der Waals surface area contributed by atoms with Crippen LogP contribution in [0.4, 0.5) is 119 Å². The first-order chi connectivity index (χ1) is 19.7. The van der Waals surface area contributed by atoms with Gasteiger partial charge in [0.25, 0.3) is 0 Å². The first-order valence-corrected chi connectivity index (χ1v) is 11.5. The molecule has 0 aliphatic heterocycles. The molecule has 32 heteroatoms. The molecule has 0 aromatic heterocycles. The Labute approximate surface area is 237 Å². The van der Waals surface area contributed by atoms with E-state index in [0.717, 1.165) is 0 Å². The lowest BCUT2D eigenvalue weighted by molar-refractivity contribution is -0.487. The molecule has 0 aromatic rings.